The van der Waals surface area contributed by atoms with E-state index in [2.05, 4.69) is 4.74 Å². The Bertz CT molecular complexity index is 493. The van der Waals surface area contributed by atoms with Gasteiger partial charge in [0.25, 0.3) is 0 Å². The molecule has 0 heterocycles. The minimum absolute atomic E-state index is 0.0553. The molecule has 2 rings (SSSR count). The average Bonchev–Trinajstić information content (AvgIpc) is 2.35. The zero-order chi connectivity index (χ0) is 14.8. The Hall–Kier alpha value is -1.72. The van der Waals surface area contributed by atoms with Gasteiger partial charge in [-0.2, -0.15) is 13.2 Å². The summed E-state index contributed by atoms with van der Waals surface area (Å²) >= 11 is 0. The Labute approximate surface area is 114 Å². The summed E-state index contributed by atoms with van der Waals surface area (Å²) in [5.74, 6) is -0.292. The van der Waals surface area contributed by atoms with Crippen LogP contribution in [0.25, 0.3) is 0 Å². The van der Waals surface area contributed by atoms with Gasteiger partial charge in [0, 0.05) is 0 Å². The van der Waals surface area contributed by atoms with E-state index < -0.39 is 23.3 Å². The summed E-state index contributed by atoms with van der Waals surface area (Å²) in [5.41, 5.74) is -1.49. The number of carbonyl (C=O) groups excluding carboxylic acids is 1. The molecule has 20 heavy (non-hydrogen) atoms. The van der Waals surface area contributed by atoms with Crippen molar-refractivity contribution in [3.8, 4) is 5.75 Å². The van der Waals surface area contributed by atoms with Crippen molar-refractivity contribution < 1.29 is 27.4 Å². The second-order valence-corrected chi connectivity index (χ2v) is 4.92. The van der Waals surface area contributed by atoms with Gasteiger partial charge in [-0.25, -0.2) is 0 Å². The first-order valence-electron chi connectivity index (χ1n) is 6.28. The van der Waals surface area contributed by atoms with Gasteiger partial charge < -0.3 is 9.47 Å². The monoisotopic (exact) mass is 288 g/mol. The van der Waals surface area contributed by atoms with Crippen molar-refractivity contribution in [2.75, 3.05) is 7.11 Å². The van der Waals surface area contributed by atoms with Crippen LogP contribution < -0.4 is 4.74 Å². The van der Waals surface area contributed by atoms with Crippen molar-refractivity contribution in [3.05, 3.63) is 29.8 Å². The molecule has 0 atom stereocenters. The molecule has 1 aromatic rings. The molecular formula is C14H15F3O3. The highest BCUT2D eigenvalue weighted by atomic mass is 19.4. The number of halogens is 3. The molecule has 0 unspecified atom stereocenters. The summed E-state index contributed by atoms with van der Waals surface area (Å²) in [6, 6.07) is 4.70. The third-order valence-electron chi connectivity index (χ3n) is 3.45. The average molecular weight is 288 g/mol. The van der Waals surface area contributed by atoms with Crippen molar-refractivity contribution >= 4 is 5.97 Å². The van der Waals surface area contributed by atoms with Crippen LogP contribution in [0.3, 0.4) is 0 Å². The third kappa shape index (κ3) is 3.23. The molecule has 1 aliphatic rings. The van der Waals surface area contributed by atoms with Crippen LogP contribution in [0.2, 0.25) is 0 Å². The highest BCUT2D eigenvalue weighted by Crippen LogP contribution is 2.40. The second kappa shape index (κ2) is 5.34. The molecular weight excluding hydrogens is 273 g/mol. The van der Waals surface area contributed by atoms with E-state index in [4.69, 9.17) is 4.74 Å². The maximum Gasteiger partial charge on any atom is 0.416 e. The van der Waals surface area contributed by atoms with Crippen LogP contribution in [0.4, 0.5) is 13.2 Å². The number of hydrogen-bond donors (Lipinski definition) is 0. The molecule has 6 heteroatoms. The van der Waals surface area contributed by atoms with E-state index in [0.717, 1.165) is 18.6 Å². The lowest BCUT2D eigenvalue weighted by Crippen LogP contribution is -2.45. The van der Waals surface area contributed by atoms with Crippen LogP contribution in [0, 0.1) is 0 Å². The molecule has 1 aromatic carbocycles. The van der Waals surface area contributed by atoms with Crippen molar-refractivity contribution in [2.45, 2.75) is 37.5 Å². The lowest BCUT2D eigenvalue weighted by molar-refractivity contribution is -0.148. The van der Waals surface area contributed by atoms with Gasteiger partial charge in [0.2, 0.25) is 0 Å². The van der Waals surface area contributed by atoms with Crippen molar-refractivity contribution in [2.24, 2.45) is 0 Å². The molecule has 0 N–H and O–H groups in total. The van der Waals surface area contributed by atoms with Gasteiger partial charge in [-0.3, -0.25) is 4.79 Å². The van der Waals surface area contributed by atoms with Gasteiger partial charge in [0.1, 0.15) is 11.4 Å². The predicted octanol–water partition coefficient (Wildman–Crippen LogP) is 3.57. The van der Waals surface area contributed by atoms with Gasteiger partial charge in [-0.15, -0.1) is 0 Å². The fourth-order valence-electron chi connectivity index (χ4n) is 2.21. The predicted molar refractivity (Wildman–Crippen MR) is 65.3 cm³/mol. The number of carbonyl (C=O) groups is 1. The van der Waals surface area contributed by atoms with Crippen LogP contribution in [0.15, 0.2) is 24.3 Å². The van der Waals surface area contributed by atoms with E-state index in [1.165, 1.54) is 19.2 Å². The Morgan fingerprint density at radius 3 is 2.55 bits per heavy atom. The Balaban J connectivity index is 2.14. The molecule has 110 valence electrons. The van der Waals surface area contributed by atoms with Crippen LogP contribution in [-0.4, -0.2) is 18.7 Å². The van der Waals surface area contributed by atoms with Gasteiger partial charge in [0.15, 0.2) is 0 Å². The number of hydrogen-bond acceptors (Lipinski definition) is 3. The second-order valence-electron chi connectivity index (χ2n) is 4.92. The molecule has 0 spiro atoms. The first kappa shape index (κ1) is 14.7. The number of esters is 1. The maximum absolute atomic E-state index is 12.6. The van der Waals surface area contributed by atoms with E-state index in [1.807, 2.05) is 0 Å². The van der Waals surface area contributed by atoms with Crippen LogP contribution in [0.1, 0.15) is 31.2 Å². The highest BCUT2D eigenvalue weighted by molar-refractivity contribution is 5.70. The first-order chi connectivity index (χ1) is 9.35. The summed E-state index contributed by atoms with van der Waals surface area (Å²) in [5, 5.41) is 0. The minimum atomic E-state index is -4.41. The Morgan fingerprint density at radius 2 is 2.05 bits per heavy atom. The van der Waals surface area contributed by atoms with Crippen LogP contribution in [0.5, 0.6) is 5.75 Å². The van der Waals surface area contributed by atoms with Crippen molar-refractivity contribution in [1.29, 1.82) is 0 Å². The van der Waals surface area contributed by atoms with E-state index in [9.17, 15) is 18.0 Å². The molecule has 1 aliphatic carbocycles. The quantitative estimate of drug-likeness (QED) is 0.795. The molecule has 0 saturated heterocycles. The fourth-order valence-corrected chi connectivity index (χ4v) is 2.21. The summed E-state index contributed by atoms with van der Waals surface area (Å²) in [6.07, 6.45) is -2.19. The highest BCUT2D eigenvalue weighted by Gasteiger charge is 2.42. The smallest absolute Gasteiger partial charge is 0.416 e. The molecule has 0 aromatic heterocycles. The van der Waals surface area contributed by atoms with E-state index in [-0.39, 0.29) is 12.2 Å². The third-order valence-corrected chi connectivity index (χ3v) is 3.45. The van der Waals surface area contributed by atoms with Crippen LogP contribution >= 0.6 is 0 Å². The lowest BCUT2D eigenvalue weighted by Gasteiger charge is -2.41. The molecule has 0 radical (unpaired) electrons. The summed E-state index contributed by atoms with van der Waals surface area (Å²) < 4.78 is 48.1. The first-order valence-corrected chi connectivity index (χ1v) is 6.28. The zero-order valence-corrected chi connectivity index (χ0v) is 11.0. The topological polar surface area (TPSA) is 35.5 Å². The Morgan fingerprint density at radius 1 is 1.35 bits per heavy atom. The number of methoxy groups -OCH3 is 1. The standard InChI is InChI=1S/C14H15F3O3/c1-19-12(18)9-13(6-3-7-13)20-11-5-2-4-10(8-11)14(15,16)17/h2,4-5,8H,3,6-7,9H2,1H3. The van der Waals surface area contributed by atoms with Gasteiger partial charge >= 0.3 is 12.1 Å². The van der Waals surface area contributed by atoms with Gasteiger partial charge in [-0.1, -0.05) is 6.07 Å². The maximum atomic E-state index is 12.6. The number of benzene rings is 1. The molecule has 0 aliphatic heterocycles. The van der Waals surface area contributed by atoms with Crippen molar-refractivity contribution in [1.82, 2.24) is 0 Å². The van der Waals surface area contributed by atoms with Crippen molar-refractivity contribution in [3.63, 3.8) is 0 Å². The number of rotatable bonds is 4. The molecule has 1 saturated carbocycles. The minimum Gasteiger partial charge on any atom is -0.487 e. The SMILES string of the molecule is COC(=O)CC1(Oc2cccc(C(F)(F)F)c2)CCC1. The fraction of sp³-hybridized carbons (Fsp3) is 0.500. The number of alkyl halides is 3. The van der Waals surface area contributed by atoms with E-state index in [1.54, 1.807) is 0 Å². The molecule has 0 bridgehead atoms. The van der Waals surface area contributed by atoms with Gasteiger partial charge in [0.05, 0.1) is 19.1 Å². The summed E-state index contributed by atoms with van der Waals surface area (Å²) in [4.78, 5) is 11.4. The number of ether oxygens (including phenoxy) is 2. The molecule has 1 fully saturated rings. The molecule has 3 nitrogen and oxygen atoms in total. The van der Waals surface area contributed by atoms with E-state index in [0.29, 0.717) is 12.8 Å². The van der Waals surface area contributed by atoms with Crippen LogP contribution in [-0.2, 0) is 15.7 Å². The van der Waals surface area contributed by atoms with E-state index >= 15 is 0 Å². The lowest BCUT2D eigenvalue weighted by atomic mass is 9.77. The Kier molecular flexibility index (Phi) is 3.92. The summed E-state index contributed by atoms with van der Waals surface area (Å²) in [7, 11) is 1.28. The largest absolute Gasteiger partial charge is 0.487 e. The zero-order valence-electron chi connectivity index (χ0n) is 11.0. The molecule has 0 amide bonds. The van der Waals surface area contributed by atoms with Gasteiger partial charge in [-0.05, 0) is 37.5 Å². The summed E-state index contributed by atoms with van der Waals surface area (Å²) in [6.45, 7) is 0. The normalized spacial score (nSPS) is 17.2.